The van der Waals surface area contributed by atoms with Gasteiger partial charge in [-0.25, -0.2) is 19.5 Å². The number of furan rings is 1. The molecular formula is C24H18ClN5O4. The third-order valence-corrected chi connectivity index (χ3v) is 5.52. The third-order valence-electron chi connectivity index (χ3n) is 5.26. The Hall–Kier alpha value is -4.24. The number of aromatic nitrogens is 3. The van der Waals surface area contributed by atoms with Gasteiger partial charge in [0.15, 0.2) is 12.4 Å². The molecule has 0 bridgehead atoms. The number of carbonyl (C=O) groups excluding carboxylic acids is 2. The number of amides is 1. The first-order valence-electron chi connectivity index (χ1n) is 10.4. The molecule has 1 aliphatic rings. The predicted octanol–water partition coefficient (Wildman–Crippen LogP) is 4.05. The van der Waals surface area contributed by atoms with Crippen LogP contribution in [0.5, 0.6) is 0 Å². The van der Waals surface area contributed by atoms with Gasteiger partial charge < -0.3 is 9.15 Å². The fourth-order valence-electron chi connectivity index (χ4n) is 3.58. The van der Waals surface area contributed by atoms with Crippen LogP contribution in [0.1, 0.15) is 34.1 Å². The van der Waals surface area contributed by atoms with E-state index < -0.39 is 24.5 Å². The molecule has 1 aliphatic heterocycles. The molecule has 0 saturated heterocycles. The summed E-state index contributed by atoms with van der Waals surface area (Å²) in [5.74, 6) is 0.00852. The van der Waals surface area contributed by atoms with Gasteiger partial charge in [0.2, 0.25) is 0 Å². The van der Waals surface area contributed by atoms with E-state index in [0.717, 1.165) is 5.56 Å². The first kappa shape index (κ1) is 21.6. The van der Waals surface area contributed by atoms with E-state index in [0.29, 0.717) is 28.7 Å². The first-order chi connectivity index (χ1) is 16.6. The van der Waals surface area contributed by atoms with Crippen molar-refractivity contribution in [3.63, 3.8) is 0 Å². The minimum absolute atomic E-state index is 0.220. The smallest absolute Gasteiger partial charge is 0.340 e. The maximum Gasteiger partial charge on any atom is 0.340 e. The Balaban J connectivity index is 1.28. The summed E-state index contributed by atoms with van der Waals surface area (Å²) in [6.07, 6.45) is 6.74. The van der Waals surface area contributed by atoms with E-state index in [1.807, 2.05) is 12.1 Å². The van der Waals surface area contributed by atoms with E-state index in [1.54, 1.807) is 59.5 Å². The highest BCUT2D eigenvalue weighted by atomic mass is 35.5. The molecule has 1 amide bonds. The maximum absolute atomic E-state index is 13.0. The van der Waals surface area contributed by atoms with Crippen molar-refractivity contribution in [2.75, 3.05) is 6.61 Å². The number of esters is 1. The van der Waals surface area contributed by atoms with Crippen molar-refractivity contribution in [2.45, 2.75) is 12.5 Å². The van der Waals surface area contributed by atoms with Crippen LogP contribution in [-0.4, -0.2) is 44.0 Å². The zero-order valence-electron chi connectivity index (χ0n) is 17.7. The van der Waals surface area contributed by atoms with E-state index in [4.69, 9.17) is 20.8 Å². The van der Waals surface area contributed by atoms with Crippen LogP contribution in [-0.2, 0) is 9.53 Å². The van der Waals surface area contributed by atoms with E-state index in [1.165, 1.54) is 17.5 Å². The van der Waals surface area contributed by atoms with E-state index in [2.05, 4.69) is 15.2 Å². The third kappa shape index (κ3) is 4.46. The summed E-state index contributed by atoms with van der Waals surface area (Å²) < 4.78 is 12.3. The second-order valence-corrected chi connectivity index (χ2v) is 7.90. The Morgan fingerprint density at radius 1 is 1.12 bits per heavy atom. The van der Waals surface area contributed by atoms with Crippen molar-refractivity contribution >= 4 is 29.2 Å². The van der Waals surface area contributed by atoms with Crippen LogP contribution in [0.2, 0.25) is 5.02 Å². The number of hydrogen-bond donors (Lipinski definition) is 0. The van der Waals surface area contributed by atoms with Gasteiger partial charge >= 0.3 is 5.97 Å². The van der Waals surface area contributed by atoms with Crippen molar-refractivity contribution in [3.8, 4) is 5.82 Å². The number of carbonyl (C=O) groups is 2. The molecule has 1 atom stereocenters. The lowest BCUT2D eigenvalue weighted by Crippen LogP contribution is -2.31. The Kier molecular flexibility index (Phi) is 5.92. The van der Waals surface area contributed by atoms with Gasteiger partial charge in [-0.3, -0.25) is 4.79 Å². The summed E-state index contributed by atoms with van der Waals surface area (Å²) in [7, 11) is 0. The predicted molar refractivity (Wildman–Crippen MR) is 123 cm³/mol. The fraction of sp³-hybridized carbons (Fsp3) is 0.125. The lowest BCUT2D eigenvalue weighted by Gasteiger charge is -2.19. The molecule has 0 spiro atoms. The molecule has 170 valence electrons. The molecule has 0 fully saturated rings. The summed E-state index contributed by atoms with van der Waals surface area (Å²) in [5, 5.41) is 10.5. The quantitative estimate of drug-likeness (QED) is 0.390. The second-order valence-electron chi connectivity index (χ2n) is 7.46. The summed E-state index contributed by atoms with van der Waals surface area (Å²) in [6, 6.07) is 15.3. The minimum atomic E-state index is -0.663. The summed E-state index contributed by atoms with van der Waals surface area (Å²) in [4.78, 5) is 29.6. The Morgan fingerprint density at radius 2 is 1.97 bits per heavy atom. The molecule has 4 aromatic rings. The Morgan fingerprint density at radius 3 is 2.65 bits per heavy atom. The van der Waals surface area contributed by atoms with Crippen LogP contribution >= 0.6 is 11.6 Å². The van der Waals surface area contributed by atoms with Crippen LogP contribution in [0.25, 0.3) is 5.82 Å². The average molecular weight is 476 g/mol. The fourth-order valence-corrected chi connectivity index (χ4v) is 3.71. The van der Waals surface area contributed by atoms with Crippen LogP contribution in [0.4, 0.5) is 0 Å². The highest BCUT2D eigenvalue weighted by molar-refractivity contribution is 6.30. The first-order valence-corrected chi connectivity index (χ1v) is 10.8. The molecule has 0 N–H and O–H groups in total. The molecular weight excluding hydrogens is 458 g/mol. The normalized spacial score (nSPS) is 15.3. The number of halogens is 1. The minimum Gasteiger partial charge on any atom is -0.467 e. The largest absolute Gasteiger partial charge is 0.467 e. The number of rotatable bonds is 6. The van der Waals surface area contributed by atoms with Crippen LogP contribution in [0.15, 0.2) is 89.0 Å². The van der Waals surface area contributed by atoms with Gasteiger partial charge in [-0.1, -0.05) is 23.7 Å². The molecule has 9 nitrogen and oxygen atoms in total. The summed E-state index contributed by atoms with van der Waals surface area (Å²) in [5.41, 5.74) is 1.77. The van der Waals surface area contributed by atoms with Crippen molar-refractivity contribution in [3.05, 3.63) is 101 Å². The molecule has 0 unspecified atom stereocenters. The molecule has 0 aliphatic carbocycles. The van der Waals surface area contributed by atoms with Crippen LogP contribution in [0.3, 0.4) is 0 Å². The molecule has 0 radical (unpaired) electrons. The van der Waals surface area contributed by atoms with Gasteiger partial charge in [0.25, 0.3) is 5.91 Å². The van der Waals surface area contributed by atoms with Crippen LogP contribution in [0, 0.1) is 0 Å². The van der Waals surface area contributed by atoms with Gasteiger partial charge in [0.05, 0.1) is 17.5 Å². The van der Waals surface area contributed by atoms with Gasteiger partial charge in [0.1, 0.15) is 11.8 Å². The standard InChI is InChI=1S/C24H18ClN5O4/c25-18-7-4-16(5-8-18)19-13-20(21-3-1-12-33-21)30(28-19)23(31)15-34-24(32)17-6-9-22(26-14-17)29-11-2-10-27-29/h1-12,14,20H,13,15H2/t20-/m0/s1. The molecule has 5 rings (SSSR count). The molecule has 10 heteroatoms. The van der Waals surface area contributed by atoms with Gasteiger partial charge in [0, 0.05) is 30.0 Å². The van der Waals surface area contributed by atoms with E-state index >= 15 is 0 Å². The number of pyridine rings is 1. The van der Waals surface area contributed by atoms with Crippen molar-refractivity contribution in [1.82, 2.24) is 19.8 Å². The highest BCUT2D eigenvalue weighted by Gasteiger charge is 2.35. The lowest BCUT2D eigenvalue weighted by molar-refractivity contribution is -0.136. The number of nitrogens with zero attached hydrogens (tertiary/aromatic N) is 5. The number of hydrazone groups is 1. The van der Waals surface area contributed by atoms with Crippen LogP contribution < -0.4 is 0 Å². The molecule has 0 saturated carbocycles. The monoisotopic (exact) mass is 475 g/mol. The zero-order chi connectivity index (χ0) is 23.5. The number of hydrogen-bond acceptors (Lipinski definition) is 7. The van der Waals surface area contributed by atoms with Crippen molar-refractivity contribution in [1.29, 1.82) is 0 Å². The lowest BCUT2D eigenvalue weighted by atomic mass is 10.0. The highest BCUT2D eigenvalue weighted by Crippen LogP contribution is 2.33. The molecule has 4 heterocycles. The van der Waals surface area contributed by atoms with Gasteiger partial charge in [-0.2, -0.15) is 10.2 Å². The number of ether oxygens (including phenoxy) is 1. The zero-order valence-corrected chi connectivity index (χ0v) is 18.5. The Bertz CT molecular complexity index is 1320. The second kappa shape index (κ2) is 9.32. The number of benzene rings is 1. The molecule has 3 aromatic heterocycles. The topological polar surface area (TPSA) is 103 Å². The van der Waals surface area contributed by atoms with Crippen molar-refractivity contribution < 1.29 is 18.7 Å². The maximum atomic E-state index is 13.0. The van der Waals surface area contributed by atoms with E-state index in [-0.39, 0.29) is 5.56 Å². The Labute approximate surface area is 199 Å². The van der Waals surface area contributed by atoms with E-state index in [9.17, 15) is 9.59 Å². The summed E-state index contributed by atoms with van der Waals surface area (Å²) >= 11 is 5.99. The van der Waals surface area contributed by atoms with Gasteiger partial charge in [-0.05, 0) is 48.0 Å². The SMILES string of the molecule is O=C(OCC(=O)N1N=C(c2ccc(Cl)cc2)C[C@H]1c1ccco1)c1ccc(-n2cccn2)nc1. The average Bonchev–Trinajstić information content (AvgIpc) is 3.64. The molecule has 34 heavy (non-hydrogen) atoms. The summed E-state index contributed by atoms with van der Waals surface area (Å²) in [6.45, 7) is -0.478. The molecule has 1 aromatic carbocycles. The van der Waals surface area contributed by atoms with Gasteiger partial charge in [-0.15, -0.1) is 0 Å². The van der Waals surface area contributed by atoms with Crippen molar-refractivity contribution in [2.24, 2.45) is 5.10 Å².